The predicted octanol–water partition coefficient (Wildman–Crippen LogP) is 0.336. The molecule has 0 aromatic carbocycles. The highest BCUT2D eigenvalue weighted by Gasteiger charge is 2.24. The average molecular weight is 277 g/mol. The van der Waals surface area contributed by atoms with Gasteiger partial charge in [0.1, 0.15) is 9.84 Å². The summed E-state index contributed by atoms with van der Waals surface area (Å²) in [7, 11) is -3.08. The Labute approximate surface area is 109 Å². The van der Waals surface area contributed by atoms with Crippen LogP contribution in [0.15, 0.2) is 0 Å². The van der Waals surface area contributed by atoms with E-state index in [0.717, 1.165) is 31.9 Å². The van der Waals surface area contributed by atoms with Gasteiger partial charge in [-0.15, -0.1) is 0 Å². The first-order valence-electron chi connectivity index (χ1n) is 6.47. The van der Waals surface area contributed by atoms with Gasteiger partial charge >= 0.3 is 0 Å². The Kier molecular flexibility index (Phi) is 6.08. The molecule has 1 saturated carbocycles. The van der Waals surface area contributed by atoms with Crippen LogP contribution in [0.1, 0.15) is 32.1 Å². The summed E-state index contributed by atoms with van der Waals surface area (Å²) in [6.07, 6.45) is 5.47. The minimum atomic E-state index is -3.08. The zero-order chi connectivity index (χ0) is 13.6. The van der Waals surface area contributed by atoms with Crippen molar-refractivity contribution in [2.24, 2.45) is 11.8 Å². The first-order chi connectivity index (χ1) is 8.42. The van der Waals surface area contributed by atoms with Gasteiger partial charge in [0.25, 0.3) is 0 Å². The van der Waals surface area contributed by atoms with Gasteiger partial charge in [-0.3, -0.25) is 4.79 Å². The van der Waals surface area contributed by atoms with Gasteiger partial charge in [-0.1, -0.05) is 12.8 Å². The van der Waals surface area contributed by atoms with Crippen LogP contribution >= 0.6 is 0 Å². The zero-order valence-corrected chi connectivity index (χ0v) is 11.7. The highest BCUT2D eigenvalue weighted by atomic mass is 32.2. The third kappa shape index (κ3) is 5.82. The molecule has 2 N–H and O–H groups in total. The SMILES string of the molecule is CS(=O)(=O)CCC(=O)NCC1CCCCC1CO. The van der Waals surface area contributed by atoms with E-state index in [-0.39, 0.29) is 30.6 Å². The van der Waals surface area contributed by atoms with Crippen LogP contribution in [0.25, 0.3) is 0 Å². The second kappa shape index (κ2) is 7.09. The number of aliphatic hydroxyl groups excluding tert-OH is 1. The van der Waals surface area contributed by atoms with Crippen molar-refractivity contribution in [3.63, 3.8) is 0 Å². The highest BCUT2D eigenvalue weighted by Crippen LogP contribution is 2.28. The van der Waals surface area contributed by atoms with Crippen molar-refractivity contribution in [1.29, 1.82) is 0 Å². The van der Waals surface area contributed by atoms with E-state index in [4.69, 9.17) is 0 Å². The minimum Gasteiger partial charge on any atom is -0.396 e. The fraction of sp³-hybridized carbons (Fsp3) is 0.917. The third-order valence-corrected chi connectivity index (χ3v) is 4.51. The standard InChI is InChI=1S/C12H23NO4S/c1-18(16,17)7-6-12(15)13-8-10-4-2-3-5-11(10)9-14/h10-11,14H,2-9H2,1H3,(H,13,15). The number of carbonyl (C=O) groups excluding carboxylic acids is 1. The maximum atomic E-state index is 11.5. The zero-order valence-electron chi connectivity index (χ0n) is 10.9. The van der Waals surface area contributed by atoms with Crippen molar-refractivity contribution >= 4 is 15.7 Å². The summed E-state index contributed by atoms with van der Waals surface area (Å²) in [5.74, 6) is 0.273. The number of nitrogens with one attached hydrogen (secondary N) is 1. The van der Waals surface area contributed by atoms with E-state index in [2.05, 4.69) is 5.32 Å². The normalized spacial score (nSPS) is 24.8. The molecule has 0 saturated heterocycles. The van der Waals surface area contributed by atoms with Crippen LogP contribution in [-0.4, -0.2) is 44.6 Å². The molecular formula is C12H23NO4S. The number of hydrogen-bond acceptors (Lipinski definition) is 4. The number of hydrogen-bond donors (Lipinski definition) is 2. The molecule has 0 aromatic heterocycles. The van der Waals surface area contributed by atoms with Crippen molar-refractivity contribution in [3.8, 4) is 0 Å². The van der Waals surface area contributed by atoms with Gasteiger partial charge in [0.15, 0.2) is 0 Å². The van der Waals surface area contributed by atoms with E-state index >= 15 is 0 Å². The second-order valence-corrected chi connectivity index (χ2v) is 7.43. The summed E-state index contributed by atoms with van der Waals surface area (Å²) in [5, 5.41) is 12.0. The summed E-state index contributed by atoms with van der Waals surface area (Å²) in [4.78, 5) is 11.5. The molecule has 0 aromatic rings. The molecule has 0 heterocycles. The van der Waals surface area contributed by atoms with Gasteiger partial charge in [-0.25, -0.2) is 8.42 Å². The Hall–Kier alpha value is -0.620. The lowest BCUT2D eigenvalue weighted by Gasteiger charge is -2.30. The molecule has 1 amide bonds. The topological polar surface area (TPSA) is 83.5 Å². The summed E-state index contributed by atoms with van der Waals surface area (Å²) < 4.78 is 21.9. The number of carbonyl (C=O) groups is 1. The van der Waals surface area contributed by atoms with Crippen LogP contribution in [0, 0.1) is 11.8 Å². The molecule has 2 atom stereocenters. The van der Waals surface area contributed by atoms with E-state index < -0.39 is 9.84 Å². The van der Waals surface area contributed by atoms with Crippen molar-refractivity contribution in [2.75, 3.05) is 25.2 Å². The Morgan fingerprint density at radius 3 is 2.44 bits per heavy atom. The number of sulfone groups is 1. The fourth-order valence-corrected chi connectivity index (χ4v) is 2.96. The van der Waals surface area contributed by atoms with Gasteiger partial charge in [0.2, 0.25) is 5.91 Å². The molecule has 2 unspecified atom stereocenters. The number of rotatable bonds is 6. The fourth-order valence-electron chi connectivity index (χ4n) is 2.40. The minimum absolute atomic E-state index is 0.0232. The molecule has 106 valence electrons. The van der Waals surface area contributed by atoms with E-state index in [1.165, 1.54) is 0 Å². The molecule has 0 spiro atoms. The van der Waals surface area contributed by atoms with Gasteiger partial charge in [0, 0.05) is 25.8 Å². The van der Waals surface area contributed by atoms with E-state index in [9.17, 15) is 18.3 Å². The van der Waals surface area contributed by atoms with Crippen LogP contribution < -0.4 is 5.32 Å². The van der Waals surface area contributed by atoms with Crippen LogP contribution in [0.2, 0.25) is 0 Å². The molecular weight excluding hydrogens is 254 g/mol. The monoisotopic (exact) mass is 277 g/mol. The van der Waals surface area contributed by atoms with Gasteiger partial charge in [-0.2, -0.15) is 0 Å². The molecule has 1 aliphatic rings. The molecule has 6 heteroatoms. The maximum Gasteiger partial charge on any atom is 0.221 e. The Morgan fingerprint density at radius 2 is 1.89 bits per heavy atom. The van der Waals surface area contributed by atoms with Crippen molar-refractivity contribution < 1.29 is 18.3 Å². The molecule has 0 aliphatic heterocycles. The maximum absolute atomic E-state index is 11.5. The summed E-state index contributed by atoms with van der Waals surface area (Å²) in [6.45, 7) is 0.720. The van der Waals surface area contributed by atoms with Crippen molar-refractivity contribution in [2.45, 2.75) is 32.1 Å². The van der Waals surface area contributed by atoms with Crippen molar-refractivity contribution in [3.05, 3.63) is 0 Å². The lowest BCUT2D eigenvalue weighted by molar-refractivity contribution is -0.121. The van der Waals surface area contributed by atoms with Crippen LogP contribution in [-0.2, 0) is 14.6 Å². The van der Waals surface area contributed by atoms with E-state index in [1.54, 1.807) is 0 Å². The molecule has 5 nitrogen and oxygen atoms in total. The Balaban J connectivity index is 2.28. The first kappa shape index (κ1) is 15.4. The van der Waals surface area contributed by atoms with Gasteiger partial charge in [-0.05, 0) is 24.7 Å². The molecule has 0 radical (unpaired) electrons. The number of aliphatic hydroxyl groups is 1. The van der Waals surface area contributed by atoms with Crippen molar-refractivity contribution in [1.82, 2.24) is 5.32 Å². The second-order valence-electron chi connectivity index (χ2n) is 5.17. The summed E-state index contributed by atoms with van der Waals surface area (Å²) in [5.41, 5.74) is 0. The smallest absolute Gasteiger partial charge is 0.221 e. The summed E-state index contributed by atoms with van der Waals surface area (Å²) >= 11 is 0. The van der Waals surface area contributed by atoms with Crippen LogP contribution in [0.3, 0.4) is 0 Å². The lowest BCUT2D eigenvalue weighted by atomic mass is 9.79. The molecule has 0 bridgehead atoms. The van der Waals surface area contributed by atoms with E-state index in [0.29, 0.717) is 12.5 Å². The molecule has 1 aliphatic carbocycles. The molecule has 1 fully saturated rings. The first-order valence-corrected chi connectivity index (χ1v) is 8.53. The van der Waals surface area contributed by atoms with Crippen LogP contribution in [0.4, 0.5) is 0 Å². The number of amides is 1. The molecule has 18 heavy (non-hydrogen) atoms. The van der Waals surface area contributed by atoms with Gasteiger partial charge < -0.3 is 10.4 Å². The van der Waals surface area contributed by atoms with Crippen LogP contribution in [0.5, 0.6) is 0 Å². The quantitative estimate of drug-likeness (QED) is 0.733. The van der Waals surface area contributed by atoms with Gasteiger partial charge in [0.05, 0.1) is 5.75 Å². The Morgan fingerprint density at radius 1 is 1.28 bits per heavy atom. The predicted molar refractivity (Wildman–Crippen MR) is 69.9 cm³/mol. The average Bonchev–Trinajstić information content (AvgIpc) is 2.33. The lowest BCUT2D eigenvalue weighted by Crippen LogP contribution is -2.36. The summed E-state index contributed by atoms with van der Waals surface area (Å²) in [6, 6.07) is 0. The largest absolute Gasteiger partial charge is 0.396 e. The van der Waals surface area contributed by atoms with E-state index in [1.807, 2.05) is 0 Å². The Bertz CT molecular complexity index is 366. The third-order valence-electron chi connectivity index (χ3n) is 3.56. The highest BCUT2D eigenvalue weighted by molar-refractivity contribution is 7.90. The molecule has 1 rings (SSSR count).